The molecule has 21 heavy (non-hydrogen) atoms. The summed E-state index contributed by atoms with van der Waals surface area (Å²) in [5.41, 5.74) is 3.62. The Morgan fingerprint density at radius 1 is 1.38 bits per heavy atom. The molecule has 4 nitrogen and oxygen atoms in total. The molecule has 0 saturated carbocycles. The van der Waals surface area contributed by atoms with E-state index in [1.807, 2.05) is 6.07 Å². The van der Waals surface area contributed by atoms with Crippen molar-refractivity contribution in [1.82, 2.24) is 10.6 Å². The maximum Gasteiger partial charge on any atom is 0.261 e. The molecule has 2 heterocycles. The average Bonchev–Trinajstić information content (AvgIpc) is 3.08. The van der Waals surface area contributed by atoms with Crippen LogP contribution in [0.5, 0.6) is 5.75 Å². The number of rotatable bonds is 4. The molecule has 2 aliphatic heterocycles. The highest BCUT2D eigenvalue weighted by atomic mass is 16.5. The summed E-state index contributed by atoms with van der Waals surface area (Å²) >= 11 is 0. The molecule has 0 aromatic heterocycles. The van der Waals surface area contributed by atoms with E-state index in [0.717, 1.165) is 37.4 Å². The average molecular weight is 288 g/mol. The number of aryl methyl sites for hydroxylation is 2. The van der Waals surface area contributed by atoms with Crippen molar-refractivity contribution in [3.05, 3.63) is 28.8 Å². The smallest absolute Gasteiger partial charge is 0.261 e. The van der Waals surface area contributed by atoms with Gasteiger partial charge in [-0.05, 0) is 68.5 Å². The highest BCUT2D eigenvalue weighted by Crippen LogP contribution is 2.31. The van der Waals surface area contributed by atoms with Gasteiger partial charge < -0.3 is 15.4 Å². The lowest BCUT2D eigenvalue weighted by Crippen LogP contribution is -2.38. The molecule has 0 aliphatic carbocycles. The van der Waals surface area contributed by atoms with Crippen LogP contribution < -0.4 is 15.4 Å². The summed E-state index contributed by atoms with van der Waals surface area (Å²) < 4.78 is 5.80. The number of carbonyl (C=O) groups excluding carboxylic acids is 1. The minimum absolute atomic E-state index is 0.0208. The lowest BCUT2D eigenvalue weighted by Gasteiger charge is -2.13. The summed E-state index contributed by atoms with van der Waals surface area (Å²) in [7, 11) is 0. The maximum atomic E-state index is 12.2. The molecule has 1 saturated heterocycles. The van der Waals surface area contributed by atoms with E-state index in [1.54, 1.807) is 0 Å². The monoisotopic (exact) mass is 288 g/mol. The molecule has 1 fully saturated rings. The molecule has 1 aromatic carbocycles. The molecule has 0 bridgehead atoms. The zero-order valence-corrected chi connectivity index (χ0v) is 12.9. The van der Waals surface area contributed by atoms with E-state index in [-0.39, 0.29) is 12.0 Å². The van der Waals surface area contributed by atoms with Crippen LogP contribution in [0.1, 0.15) is 29.5 Å². The molecule has 1 aromatic rings. The number of hydrogen-bond acceptors (Lipinski definition) is 3. The fourth-order valence-electron chi connectivity index (χ4n) is 3.13. The number of fused-ring (bicyclic) bond motifs is 1. The van der Waals surface area contributed by atoms with Gasteiger partial charge in [0.15, 0.2) is 6.10 Å². The number of ether oxygens (including phenoxy) is 1. The second-order valence-electron chi connectivity index (χ2n) is 6.29. The van der Waals surface area contributed by atoms with E-state index >= 15 is 0 Å². The third-order valence-corrected chi connectivity index (χ3v) is 4.66. The first-order chi connectivity index (χ1) is 10.1. The third kappa shape index (κ3) is 3.21. The van der Waals surface area contributed by atoms with Gasteiger partial charge in [-0.2, -0.15) is 0 Å². The highest BCUT2D eigenvalue weighted by molar-refractivity contribution is 5.82. The number of amides is 1. The van der Waals surface area contributed by atoms with Crippen molar-refractivity contribution in [2.24, 2.45) is 5.92 Å². The Hall–Kier alpha value is -1.55. The molecule has 1 amide bonds. The van der Waals surface area contributed by atoms with Crippen LogP contribution >= 0.6 is 0 Å². The lowest BCUT2D eigenvalue weighted by atomic mass is 10.0. The first-order valence-corrected chi connectivity index (χ1v) is 7.88. The summed E-state index contributed by atoms with van der Waals surface area (Å²) in [6.07, 6.45) is 2.60. The molecule has 2 N–H and O–H groups in total. The molecule has 0 spiro atoms. The van der Waals surface area contributed by atoms with Gasteiger partial charge in [0.25, 0.3) is 5.91 Å². The standard InChI is InChI=1S/C17H24N2O2/c1-11-7-14-9-16(21-15(14)8-12(11)2)17(20)19-6-4-13-3-5-18-10-13/h7-8,13,16,18H,3-6,9-10H2,1-2H3,(H,19,20). The van der Waals surface area contributed by atoms with E-state index in [0.29, 0.717) is 12.3 Å². The minimum Gasteiger partial charge on any atom is -0.480 e. The van der Waals surface area contributed by atoms with Gasteiger partial charge in [-0.15, -0.1) is 0 Å². The Morgan fingerprint density at radius 2 is 2.19 bits per heavy atom. The molecule has 3 rings (SSSR count). The van der Waals surface area contributed by atoms with Crippen LogP contribution in [0.4, 0.5) is 0 Å². The van der Waals surface area contributed by atoms with Gasteiger partial charge in [-0.1, -0.05) is 6.07 Å². The van der Waals surface area contributed by atoms with Crippen LogP contribution in [0.3, 0.4) is 0 Å². The zero-order chi connectivity index (χ0) is 14.8. The van der Waals surface area contributed by atoms with Crippen molar-refractivity contribution < 1.29 is 9.53 Å². The van der Waals surface area contributed by atoms with E-state index in [4.69, 9.17) is 4.74 Å². The molecule has 4 heteroatoms. The van der Waals surface area contributed by atoms with Crippen LogP contribution in [0.15, 0.2) is 12.1 Å². The van der Waals surface area contributed by atoms with Gasteiger partial charge in [0.05, 0.1) is 0 Å². The van der Waals surface area contributed by atoms with Crippen molar-refractivity contribution in [2.75, 3.05) is 19.6 Å². The Labute approximate surface area is 126 Å². The largest absolute Gasteiger partial charge is 0.480 e. The zero-order valence-electron chi connectivity index (χ0n) is 12.9. The molecular weight excluding hydrogens is 264 g/mol. The first kappa shape index (κ1) is 14.4. The SMILES string of the molecule is Cc1cc2c(cc1C)OC(C(=O)NCCC1CCNC1)C2. The Kier molecular flexibility index (Phi) is 4.15. The van der Waals surface area contributed by atoms with E-state index in [1.165, 1.54) is 17.5 Å². The number of nitrogens with one attached hydrogen (secondary N) is 2. The van der Waals surface area contributed by atoms with E-state index in [2.05, 4.69) is 30.5 Å². The van der Waals surface area contributed by atoms with Gasteiger partial charge >= 0.3 is 0 Å². The van der Waals surface area contributed by atoms with Crippen LogP contribution in [0.25, 0.3) is 0 Å². The highest BCUT2D eigenvalue weighted by Gasteiger charge is 2.29. The van der Waals surface area contributed by atoms with E-state index < -0.39 is 0 Å². The predicted octanol–water partition coefficient (Wildman–Crippen LogP) is 1.72. The lowest BCUT2D eigenvalue weighted by molar-refractivity contribution is -0.127. The molecule has 2 aliphatic rings. The van der Waals surface area contributed by atoms with Crippen LogP contribution in [0.2, 0.25) is 0 Å². The summed E-state index contributed by atoms with van der Waals surface area (Å²) in [6.45, 7) is 7.11. The summed E-state index contributed by atoms with van der Waals surface area (Å²) in [5.74, 6) is 1.60. The predicted molar refractivity (Wildman–Crippen MR) is 82.6 cm³/mol. The van der Waals surface area contributed by atoms with Gasteiger partial charge in [0.2, 0.25) is 0 Å². The summed E-state index contributed by atoms with van der Waals surface area (Å²) in [4.78, 5) is 12.2. The van der Waals surface area contributed by atoms with Crippen molar-refractivity contribution in [3.8, 4) is 5.75 Å². The number of hydrogen-bond donors (Lipinski definition) is 2. The third-order valence-electron chi connectivity index (χ3n) is 4.66. The fourth-order valence-corrected chi connectivity index (χ4v) is 3.13. The van der Waals surface area contributed by atoms with Gasteiger partial charge in [0, 0.05) is 13.0 Å². The van der Waals surface area contributed by atoms with E-state index in [9.17, 15) is 4.79 Å². The first-order valence-electron chi connectivity index (χ1n) is 7.88. The molecule has 114 valence electrons. The second-order valence-corrected chi connectivity index (χ2v) is 6.29. The van der Waals surface area contributed by atoms with Crippen molar-refractivity contribution in [2.45, 2.75) is 39.2 Å². The molecular formula is C17H24N2O2. The maximum absolute atomic E-state index is 12.2. The van der Waals surface area contributed by atoms with Crippen LogP contribution in [-0.2, 0) is 11.2 Å². The van der Waals surface area contributed by atoms with Gasteiger partial charge in [-0.25, -0.2) is 0 Å². The van der Waals surface area contributed by atoms with Gasteiger partial charge in [-0.3, -0.25) is 4.79 Å². The van der Waals surface area contributed by atoms with Crippen molar-refractivity contribution >= 4 is 5.91 Å². The molecule has 2 atom stereocenters. The minimum atomic E-state index is -0.358. The Bertz CT molecular complexity index is 505. The quantitative estimate of drug-likeness (QED) is 0.887. The van der Waals surface area contributed by atoms with Crippen molar-refractivity contribution in [3.63, 3.8) is 0 Å². The Morgan fingerprint density at radius 3 is 2.95 bits per heavy atom. The van der Waals surface area contributed by atoms with Crippen LogP contribution in [-0.4, -0.2) is 31.6 Å². The number of benzene rings is 1. The fraction of sp³-hybridized carbons (Fsp3) is 0.588. The molecule has 0 radical (unpaired) electrons. The van der Waals surface area contributed by atoms with Crippen molar-refractivity contribution in [1.29, 1.82) is 0 Å². The summed E-state index contributed by atoms with van der Waals surface area (Å²) in [5, 5.41) is 6.37. The normalized spacial score (nSPS) is 23.7. The second kappa shape index (κ2) is 6.06. The van der Waals surface area contributed by atoms with Gasteiger partial charge in [0.1, 0.15) is 5.75 Å². The number of carbonyl (C=O) groups is 1. The summed E-state index contributed by atoms with van der Waals surface area (Å²) in [6, 6.07) is 4.18. The topological polar surface area (TPSA) is 50.4 Å². The molecule has 2 unspecified atom stereocenters. The Balaban J connectivity index is 1.50. The van der Waals surface area contributed by atoms with Crippen LogP contribution in [0, 0.1) is 19.8 Å².